The van der Waals surface area contributed by atoms with Gasteiger partial charge in [0.25, 0.3) is 0 Å². The summed E-state index contributed by atoms with van der Waals surface area (Å²) in [6.07, 6.45) is 4.07. The first-order valence-corrected chi connectivity index (χ1v) is 6.77. The van der Waals surface area contributed by atoms with Gasteiger partial charge in [-0.1, -0.05) is 19.9 Å². The summed E-state index contributed by atoms with van der Waals surface area (Å²) in [4.78, 5) is 0. The van der Waals surface area contributed by atoms with Crippen molar-refractivity contribution in [1.82, 2.24) is 9.78 Å². The molecule has 0 unspecified atom stereocenters. The Bertz CT molecular complexity index is 556. The summed E-state index contributed by atoms with van der Waals surface area (Å²) >= 11 is 0. The second kappa shape index (κ2) is 5.47. The largest absolute Gasteiger partial charge is 0.490 e. The zero-order valence-electron chi connectivity index (χ0n) is 12.3. The molecule has 1 aromatic heterocycles. The minimum atomic E-state index is 0.167. The zero-order chi connectivity index (χ0) is 14.0. The third kappa shape index (κ3) is 3.16. The van der Waals surface area contributed by atoms with Crippen LogP contribution in [-0.4, -0.2) is 15.9 Å². The maximum atomic E-state index is 5.91. The van der Waals surface area contributed by atoms with Gasteiger partial charge in [0.05, 0.1) is 12.3 Å². The molecule has 0 N–H and O–H groups in total. The molecule has 2 aromatic rings. The zero-order valence-corrected chi connectivity index (χ0v) is 12.3. The second-order valence-corrected chi connectivity index (χ2v) is 5.48. The molecule has 2 rings (SSSR count). The quantitative estimate of drug-likeness (QED) is 0.829. The summed E-state index contributed by atoms with van der Waals surface area (Å²) in [6.45, 7) is 8.49. The molecule has 0 bridgehead atoms. The Balaban J connectivity index is 2.49. The number of hydrogen-bond donors (Lipinski definition) is 0. The van der Waals surface area contributed by atoms with Crippen molar-refractivity contribution < 1.29 is 4.74 Å². The van der Waals surface area contributed by atoms with Crippen LogP contribution in [0.25, 0.3) is 11.1 Å². The molecule has 0 saturated heterocycles. The lowest BCUT2D eigenvalue weighted by molar-refractivity contribution is 0.243. The molecular formula is C16H22N2O. The van der Waals surface area contributed by atoms with Gasteiger partial charge in [-0.25, -0.2) is 0 Å². The molecule has 0 saturated carbocycles. The van der Waals surface area contributed by atoms with Crippen LogP contribution in [0.2, 0.25) is 0 Å². The van der Waals surface area contributed by atoms with E-state index in [-0.39, 0.29) is 6.10 Å². The number of nitrogens with zero attached hydrogens (tertiary/aromatic N) is 2. The molecule has 19 heavy (non-hydrogen) atoms. The predicted octanol–water partition coefficient (Wildman–Crippen LogP) is 4.00. The van der Waals surface area contributed by atoms with Crippen molar-refractivity contribution in [3.63, 3.8) is 0 Å². The Kier molecular flexibility index (Phi) is 3.93. The van der Waals surface area contributed by atoms with Gasteiger partial charge in [-0.2, -0.15) is 5.10 Å². The first kappa shape index (κ1) is 13.7. The fraction of sp³-hybridized carbons (Fsp3) is 0.438. The maximum Gasteiger partial charge on any atom is 0.127 e. The van der Waals surface area contributed by atoms with Crippen LogP contribution in [0, 0.1) is 0 Å². The molecule has 0 spiro atoms. The number of aromatic nitrogens is 2. The van der Waals surface area contributed by atoms with Gasteiger partial charge in [0.15, 0.2) is 0 Å². The van der Waals surface area contributed by atoms with Crippen LogP contribution in [0.5, 0.6) is 5.75 Å². The van der Waals surface area contributed by atoms with Gasteiger partial charge in [0.1, 0.15) is 5.75 Å². The molecule has 0 radical (unpaired) electrons. The second-order valence-electron chi connectivity index (χ2n) is 5.48. The van der Waals surface area contributed by atoms with Crippen molar-refractivity contribution in [2.24, 2.45) is 7.05 Å². The van der Waals surface area contributed by atoms with Crippen LogP contribution in [0.4, 0.5) is 0 Å². The molecule has 3 heteroatoms. The van der Waals surface area contributed by atoms with E-state index in [1.165, 1.54) is 5.56 Å². The lowest BCUT2D eigenvalue weighted by atomic mass is 9.98. The molecule has 0 fully saturated rings. The number of aryl methyl sites for hydroxylation is 1. The Morgan fingerprint density at radius 2 is 1.89 bits per heavy atom. The third-order valence-corrected chi connectivity index (χ3v) is 3.05. The van der Waals surface area contributed by atoms with Gasteiger partial charge in [-0.3, -0.25) is 4.68 Å². The molecule has 102 valence electrons. The van der Waals surface area contributed by atoms with E-state index in [0.29, 0.717) is 5.92 Å². The van der Waals surface area contributed by atoms with Gasteiger partial charge in [-0.05, 0) is 37.5 Å². The number of hydrogen-bond acceptors (Lipinski definition) is 2. The fourth-order valence-electron chi connectivity index (χ4n) is 2.05. The minimum absolute atomic E-state index is 0.167. The predicted molar refractivity (Wildman–Crippen MR) is 78.5 cm³/mol. The average molecular weight is 258 g/mol. The molecule has 0 atom stereocenters. The highest BCUT2D eigenvalue weighted by Gasteiger charge is 2.12. The van der Waals surface area contributed by atoms with Crippen LogP contribution >= 0.6 is 0 Å². The molecule has 3 nitrogen and oxygen atoms in total. The molecule has 0 amide bonds. The van der Waals surface area contributed by atoms with Crippen molar-refractivity contribution in [2.45, 2.75) is 39.7 Å². The van der Waals surface area contributed by atoms with Gasteiger partial charge in [0, 0.05) is 24.4 Å². The first-order chi connectivity index (χ1) is 8.97. The number of ether oxygens (including phenoxy) is 1. The van der Waals surface area contributed by atoms with E-state index >= 15 is 0 Å². The fourth-order valence-corrected chi connectivity index (χ4v) is 2.05. The van der Waals surface area contributed by atoms with Crippen LogP contribution in [0.1, 0.15) is 39.2 Å². The molecule has 0 aliphatic heterocycles. The van der Waals surface area contributed by atoms with Crippen molar-refractivity contribution in [2.75, 3.05) is 0 Å². The Morgan fingerprint density at radius 3 is 2.42 bits per heavy atom. The maximum absolute atomic E-state index is 5.91. The van der Waals surface area contributed by atoms with Crippen LogP contribution in [0.15, 0.2) is 30.6 Å². The average Bonchev–Trinajstić information content (AvgIpc) is 2.75. The van der Waals surface area contributed by atoms with Gasteiger partial charge in [0.2, 0.25) is 0 Å². The van der Waals surface area contributed by atoms with E-state index in [4.69, 9.17) is 4.74 Å². The molecule has 0 aliphatic rings. The van der Waals surface area contributed by atoms with E-state index in [0.717, 1.165) is 16.9 Å². The van der Waals surface area contributed by atoms with E-state index in [2.05, 4.69) is 37.1 Å². The highest BCUT2D eigenvalue weighted by Crippen LogP contribution is 2.33. The molecule has 0 aliphatic carbocycles. The summed E-state index contributed by atoms with van der Waals surface area (Å²) in [5, 5.41) is 4.25. The summed E-state index contributed by atoms with van der Waals surface area (Å²) in [5.74, 6) is 1.43. The Hall–Kier alpha value is -1.77. The summed E-state index contributed by atoms with van der Waals surface area (Å²) < 4.78 is 7.72. The lowest BCUT2D eigenvalue weighted by Crippen LogP contribution is -2.06. The van der Waals surface area contributed by atoms with Crippen molar-refractivity contribution >= 4 is 0 Å². The summed E-state index contributed by atoms with van der Waals surface area (Å²) in [5.41, 5.74) is 3.53. The van der Waals surface area contributed by atoms with Crippen molar-refractivity contribution in [3.05, 3.63) is 36.2 Å². The van der Waals surface area contributed by atoms with Gasteiger partial charge < -0.3 is 4.74 Å². The smallest absolute Gasteiger partial charge is 0.127 e. The summed E-state index contributed by atoms with van der Waals surface area (Å²) in [7, 11) is 1.93. The number of rotatable bonds is 4. The standard InChI is InChI=1S/C16H22N2O/c1-11(2)13-6-7-16(19-12(3)4)15(8-13)14-9-17-18(5)10-14/h6-12H,1-5H3. The number of benzene rings is 1. The third-order valence-electron chi connectivity index (χ3n) is 3.05. The molecule has 1 aromatic carbocycles. The monoisotopic (exact) mass is 258 g/mol. The lowest BCUT2D eigenvalue weighted by Gasteiger charge is -2.16. The molecule has 1 heterocycles. The van der Waals surface area contributed by atoms with E-state index in [9.17, 15) is 0 Å². The minimum Gasteiger partial charge on any atom is -0.490 e. The highest BCUT2D eigenvalue weighted by molar-refractivity contribution is 5.70. The van der Waals surface area contributed by atoms with E-state index in [1.807, 2.05) is 38.0 Å². The summed E-state index contributed by atoms with van der Waals surface area (Å²) in [6, 6.07) is 6.42. The van der Waals surface area contributed by atoms with E-state index in [1.54, 1.807) is 0 Å². The first-order valence-electron chi connectivity index (χ1n) is 6.77. The van der Waals surface area contributed by atoms with Crippen LogP contribution in [0.3, 0.4) is 0 Å². The molecular weight excluding hydrogens is 236 g/mol. The Labute approximate surface area is 115 Å². The SMILES string of the molecule is CC(C)Oc1ccc(C(C)C)cc1-c1cnn(C)c1. The van der Waals surface area contributed by atoms with Gasteiger partial charge in [-0.15, -0.1) is 0 Å². The van der Waals surface area contributed by atoms with Crippen molar-refractivity contribution in [3.8, 4) is 16.9 Å². The topological polar surface area (TPSA) is 27.1 Å². The highest BCUT2D eigenvalue weighted by atomic mass is 16.5. The van der Waals surface area contributed by atoms with Crippen molar-refractivity contribution in [1.29, 1.82) is 0 Å². The van der Waals surface area contributed by atoms with Crippen LogP contribution < -0.4 is 4.74 Å². The van der Waals surface area contributed by atoms with Gasteiger partial charge >= 0.3 is 0 Å². The normalized spacial score (nSPS) is 11.3. The Morgan fingerprint density at radius 1 is 1.16 bits per heavy atom. The van der Waals surface area contributed by atoms with E-state index < -0.39 is 0 Å². The van der Waals surface area contributed by atoms with Crippen LogP contribution in [-0.2, 0) is 7.05 Å².